The number of hydrogen-bond donors (Lipinski definition) is 0. The first-order valence-electron chi connectivity index (χ1n) is 7.32. The van der Waals surface area contributed by atoms with Gasteiger partial charge in [-0.25, -0.2) is 0 Å². The van der Waals surface area contributed by atoms with Gasteiger partial charge in [-0.05, 0) is 49.1 Å². The quantitative estimate of drug-likeness (QED) is 0.717. The first-order valence-corrected chi connectivity index (χ1v) is 7.32. The fraction of sp³-hybridized carbons (Fsp3) is 0.625. The zero-order valence-corrected chi connectivity index (χ0v) is 12.8. The van der Waals surface area contributed by atoms with Crippen LogP contribution in [0.3, 0.4) is 0 Å². The molecule has 2 aliphatic rings. The van der Waals surface area contributed by atoms with E-state index >= 15 is 0 Å². The summed E-state index contributed by atoms with van der Waals surface area (Å²) in [5.41, 5.74) is 4.38. The molecule has 1 saturated heterocycles. The van der Waals surface area contributed by atoms with Crippen molar-refractivity contribution >= 4 is 18.1 Å². The largest absolute Gasteiger partial charge is 0.426 e. The molecule has 0 bridgehead atoms. The van der Waals surface area contributed by atoms with E-state index in [0.29, 0.717) is 0 Å². The lowest BCUT2D eigenvalue weighted by Gasteiger charge is -2.34. The number of nitrogens with zero attached hydrogens (tertiary/aromatic N) is 1. The van der Waals surface area contributed by atoms with Crippen molar-refractivity contribution in [2.45, 2.75) is 46.0 Å². The van der Waals surface area contributed by atoms with Gasteiger partial charge >= 0.3 is 6.92 Å². The Morgan fingerprint density at radius 1 is 1.21 bits per heavy atom. The summed E-state index contributed by atoms with van der Waals surface area (Å²) in [5.74, 6) is 0. The first kappa shape index (κ1) is 13.0. The third-order valence-corrected chi connectivity index (χ3v) is 5.37. The van der Waals surface area contributed by atoms with E-state index in [4.69, 9.17) is 4.65 Å². The van der Waals surface area contributed by atoms with E-state index in [1.807, 2.05) is 0 Å². The molecule has 0 atom stereocenters. The van der Waals surface area contributed by atoms with Crippen LogP contribution in [0.2, 0.25) is 6.32 Å². The summed E-state index contributed by atoms with van der Waals surface area (Å²) in [7, 11) is 2.18. The van der Waals surface area contributed by atoms with Crippen LogP contribution in [0.15, 0.2) is 18.2 Å². The van der Waals surface area contributed by atoms with Gasteiger partial charge in [-0.15, -0.1) is 0 Å². The average molecular weight is 257 g/mol. The van der Waals surface area contributed by atoms with E-state index < -0.39 is 0 Å². The van der Waals surface area contributed by atoms with Crippen LogP contribution in [-0.2, 0) is 11.1 Å². The van der Waals surface area contributed by atoms with Crippen molar-refractivity contribution < 1.29 is 4.65 Å². The van der Waals surface area contributed by atoms with Crippen LogP contribution < -0.4 is 10.4 Å². The Morgan fingerprint density at radius 2 is 1.95 bits per heavy atom. The van der Waals surface area contributed by atoms with Crippen molar-refractivity contribution in [1.82, 2.24) is 0 Å². The van der Waals surface area contributed by atoms with Crippen LogP contribution in [0.5, 0.6) is 0 Å². The lowest BCUT2D eigenvalue weighted by Crippen LogP contribution is -2.36. The van der Waals surface area contributed by atoms with E-state index in [1.165, 1.54) is 23.1 Å². The lowest BCUT2D eigenvalue weighted by molar-refractivity contribution is 0.0375. The molecule has 19 heavy (non-hydrogen) atoms. The Hall–Kier alpha value is -0.955. The predicted octanol–water partition coefficient (Wildman–Crippen LogP) is 2.71. The second-order valence-corrected chi connectivity index (χ2v) is 7.26. The average Bonchev–Trinajstić information content (AvgIpc) is 2.78. The van der Waals surface area contributed by atoms with Gasteiger partial charge in [0.25, 0.3) is 0 Å². The molecule has 2 heterocycles. The van der Waals surface area contributed by atoms with Crippen LogP contribution in [0.1, 0.15) is 33.3 Å². The molecular formula is C16H24BNO. The van der Waals surface area contributed by atoms with Gasteiger partial charge in [0, 0.05) is 19.3 Å². The molecule has 1 fully saturated rings. The Bertz CT molecular complexity index is 493. The summed E-state index contributed by atoms with van der Waals surface area (Å²) in [6.07, 6.45) is 2.27. The molecule has 0 N–H and O–H groups in total. The summed E-state index contributed by atoms with van der Waals surface area (Å²) < 4.78 is 6.33. The molecule has 1 aromatic rings. The molecular weight excluding hydrogens is 233 g/mol. The molecule has 102 valence electrons. The second kappa shape index (κ2) is 4.02. The van der Waals surface area contributed by atoms with Crippen LogP contribution in [0.25, 0.3) is 0 Å². The van der Waals surface area contributed by atoms with E-state index in [2.05, 4.69) is 57.8 Å². The highest BCUT2D eigenvalue weighted by Gasteiger charge is 2.49. The molecule has 0 aromatic heterocycles. The van der Waals surface area contributed by atoms with Gasteiger partial charge in [0.1, 0.15) is 0 Å². The second-order valence-electron chi connectivity index (χ2n) is 7.26. The summed E-state index contributed by atoms with van der Waals surface area (Å²) in [6, 6.07) is 6.89. The highest BCUT2D eigenvalue weighted by Crippen LogP contribution is 2.45. The van der Waals surface area contributed by atoms with E-state index in [1.54, 1.807) is 0 Å². The normalized spacial score (nSPS) is 23.8. The molecule has 2 nitrogen and oxygen atoms in total. The number of likely N-dealkylation sites (N-methyl/N-ethyl adjacent to an activating group) is 1. The number of fused-ring (bicyclic) bond motifs is 1. The van der Waals surface area contributed by atoms with Gasteiger partial charge in [-0.3, -0.25) is 0 Å². The smallest absolute Gasteiger partial charge is 0.328 e. The van der Waals surface area contributed by atoms with E-state index in [9.17, 15) is 0 Å². The topological polar surface area (TPSA) is 12.5 Å². The third-order valence-electron chi connectivity index (χ3n) is 5.37. The highest BCUT2D eigenvalue weighted by atomic mass is 16.5. The molecule has 3 rings (SSSR count). The lowest BCUT2D eigenvalue weighted by atomic mass is 9.54. The van der Waals surface area contributed by atoms with Crippen molar-refractivity contribution in [2.24, 2.45) is 5.41 Å². The minimum atomic E-state index is -0.0530. The SMILES string of the molecule is CN1CCc2ccc(B3CC(C)(C)C(C)(C)O3)cc21. The van der Waals surface area contributed by atoms with Crippen LogP contribution in [0, 0.1) is 5.41 Å². The number of hydrogen-bond acceptors (Lipinski definition) is 2. The molecule has 1 aromatic carbocycles. The van der Waals surface area contributed by atoms with Gasteiger partial charge in [0.2, 0.25) is 0 Å². The molecule has 0 amide bonds. The Balaban J connectivity index is 1.91. The van der Waals surface area contributed by atoms with Crippen LogP contribution in [0.4, 0.5) is 5.69 Å². The molecule has 0 aliphatic carbocycles. The molecule has 3 heteroatoms. The Morgan fingerprint density at radius 3 is 2.58 bits per heavy atom. The Kier molecular flexibility index (Phi) is 2.76. The maximum absolute atomic E-state index is 6.33. The fourth-order valence-corrected chi connectivity index (χ4v) is 3.21. The molecule has 0 unspecified atom stereocenters. The molecule has 2 aliphatic heterocycles. The van der Waals surface area contributed by atoms with Crippen molar-refractivity contribution in [3.05, 3.63) is 23.8 Å². The van der Waals surface area contributed by atoms with Crippen LogP contribution in [-0.4, -0.2) is 26.1 Å². The molecule has 0 spiro atoms. The fourth-order valence-electron chi connectivity index (χ4n) is 3.21. The highest BCUT2D eigenvalue weighted by molar-refractivity contribution is 6.68. The first-order chi connectivity index (χ1) is 8.80. The number of benzene rings is 1. The number of anilines is 1. The standard InChI is InChI=1S/C16H24BNO/c1-15(2)11-17(19-16(15,3)4)13-7-6-12-8-9-18(5)14(12)10-13/h6-7,10H,8-9,11H2,1-5H3. The Labute approximate surface area is 117 Å². The third kappa shape index (κ3) is 1.99. The van der Waals surface area contributed by atoms with Crippen molar-refractivity contribution in [3.8, 4) is 0 Å². The summed E-state index contributed by atoms with van der Waals surface area (Å²) >= 11 is 0. The van der Waals surface area contributed by atoms with E-state index in [0.717, 1.165) is 12.9 Å². The van der Waals surface area contributed by atoms with E-state index in [-0.39, 0.29) is 17.9 Å². The van der Waals surface area contributed by atoms with Gasteiger partial charge in [-0.1, -0.05) is 26.0 Å². The summed E-state index contributed by atoms with van der Waals surface area (Å²) in [6.45, 7) is 10.4. The van der Waals surface area contributed by atoms with Gasteiger partial charge in [0.15, 0.2) is 0 Å². The predicted molar refractivity (Wildman–Crippen MR) is 82.6 cm³/mol. The molecule has 0 saturated carbocycles. The minimum Gasteiger partial charge on any atom is -0.426 e. The van der Waals surface area contributed by atoms with Crippen molar-refractivity contribution in [3.63, 3.8) is 0 Å². The summed E-state index contributed by atoms with van der Waals surface area (Å²) in [4.78, 5) is 2.35. The number of rotatable bonds is 1. The van der Waals surface area contributed by atoms with Crippen molar-refractivity contribution in [2.75, 3.05) is 18.5 Å². The zero-order valence-electron chi connectivity index (χ0n) is 12.8. The van der Waals surface area contributed by atoms with Gasteiger partial charge in [0.05, 0.1) is 5.60 Å². The summed E-state index contributed by atoms with van der Waals surface area (Å²) in [5, 5.41) is 0. The molecule has 0 radical (unpaired) electrons. The maximum Gasteiger partial charge on any atom is 0.328 e. The van der Waals surface area contributed by atoms with Gasteiger partial charge < -0.3 is 9.55 Å². The minimum absolute atomic E-state index is 0.0530. The van der Waals surface area contributed by atoms with Crippen LogP contribution >= 0.6 is 0 Å². The maximum atomic E-state index is 6.33. The van der Waals surface area contributed by atoms with Gasteiger partial charge in [-0.2, -0.15) is 0 Å². The van der Waals surface area contributed by atoms with Crippen molar-refractivity contribution in [1.29, 1.82) is 0 Å². The zero-order chi connectivity index (χ0) is 13.8. The monoisotopic (exact) mass is 257 g/mol.